The number of nitrogens with one attached hydrogen (secondary N) is 1. The quantitative estimate of drug-likeness (QED) is 0.808. The van der Waals surface area contributed by atoms with Crippen LogP contribution < -0.4 is 5.32 Å². The number of fused-ring (bicyclic) bond motifs is 1. The van der Waals surface area contributed by atoms with Crippen molar-refractivity contribution in [3.8, 4) is 0 Å². The van der Waals surface area contributed by atoms with Crippen molar-refractivity contribution in [3.05, 3.63) is 42.1 Å². The lowest BCUT2D eigenvalue weighted by atomic mass is 10.0. The van der Waals surface area contributed by atoms with Gasteiger partial charge in [0.05, 0.1) is 5.52 Å². The topological polar surface area (TPSA) is 24.9 Å². The van der Waals surface area contributed by atoms with Crippen LogP contribution in [0.3, 0.4) is 0 Å². The van der Waals surface area contributed by atoms with Gasteiger partial charge in [-0.1, -0.05) is 32.0 Å². The Balaban J connectivity index is 2.09. The molecular formula is C16H21ClN2. The van der Waals surface area contributed by atoms with Crippen molar-refractivity contribution < 1.29 is 0 Å². The second-order valence-electron chi connectivity index (χ2n) is 5.35. The number of nitrogens with zero attached hydrogens (tertiary/aromatic N) is 1. The number of para-hydroxylation sites is 1. The Kier molecular flexibility index (Phi) is 5.17. The number of hydrogen-bond donors (Lipinski definition) is 1. The second kappa shape index (κ2) is 6.88. The maximum absolute atomic E-state index is 6.02. The molecule has 0 amide bonds. The first-order chi connectivity index (χ1) is 9.20. The average Bonchev–Trinajstić information content (AvgIpc) is 2.43. The number of halogens is 1. The van der Waals surface area contributed by atoms with Gasteiger partial charge >= 0.3 is 0 Å². The molecule has 2 nitrogen and oxygen atoms in total. The molecule has 102 valence electrons. The van der Waals surface area contributed by atoms with E-state index in [1.165, 1.54) is 10.9 Å². The molecule has 0 bridgehead atoms. The number of aromatic nitrogens is 1. The van der Waals surface area contributed by atoms with Gasteiger partial charge < -0.3 is 5.32 Å². The minimum atomic E-state index is 0.369. The molecule has 0 spiro atoms. The van der Waals surface area contributed by atoms with E-state index in [1.54, 1.807) is 0 Å². The summed E-state index contributed by atoms with van der Waals surface area (Å²) in [6, 6.07) is 10.7. The molecule has 2 rings (SSSR count). The zero-order valence-corrected chi connectivity index (χ0v) is 12.3. The van der Waals surface area contributed by atoms with E-state index in [0.717, 1.165) is 18.5 Å². The van der Waals surface area contributed by atoms with Gasteiger partial charge in [-0.2, -0.15) is 0 Å². The van der Waals surface area contributed by atoms with Crippen molar-refractivity contribution in [2.24, 2.45) is 5.92 Å². The minimum Gasteiger partial charge on any atom is -0.309 e. The molecule has 0 fully saturated rings. The first kappa shape index (κ1) is 14.3. The van der Waals surface area contributed by atoms with Crippen LogP contribution in [0.25, 0.3) is 10.9 Å². The van der Waals surface area contributed by atoms with E-state index in [0.29, 0.717) is 17.8 Å². The molecule has 1 heterocycles. The van der Waals surface area contributed by atoms with E-state index >= 15 is 0 Å². The number of hydrogen-bond acceptors (Lipinski definition) is 2. The van der Waals surface area contributed by atoms with Crippen LogP contribution in [0.1, 0.15) is 25.8 Å². The molecule has 0 radical (unpaired) electrons. The molecule has 0 saturated heterocycles. The van der Waals surface area contributed by atoms with Crippen LogP contribution in [0.2, 0.25) is 0 Å². The van der Waals surface area contributed by atoms with Crippen LogP contribution >= 0.6 is 11.6 Å². The van der Waals surface area contributed by atoms with E-state index in [-0.39, 0.29) is 0 Å². The van der Waals surface area contributed by atoms with Crippen molar-refractivity contribution >= 4 is 22.5 Å². The van der Waals surface area contributed by atoms with Gasteiger partial charge in [-0.3, -0.25) is 4.98 Å². The van der Waals surface area contributed by atoms with Gasteiger partial charge in [0.25, 0.3) is 0 Å². The van der Waals surface area contributed by atoms with Crippen molar-refractivity contribution in [3.63, 3.8) is 0 Å². The van der Waals surface area contributed by atoms with Gasteiger partial charge in [0.1, 0.15) is 0 Å². The summed E-state index contributed by atoms with van der Waals surface area (Å²) in [6.07, 6.45) is 2.98. The number of rotatable bonds is 6. The van der Waals surface area contributed by atoms with Crippen molar-refractivity contribution in [1.29, 1.82) is 0 Å². The zero-order valence-electron chi connectivity index (χ0n) is 11.6. The van der Waals surface area contributed by atoms with E-state index in [9.17, 15) is 0 Å². The highest BCUT2D eigenvalue weighted by molar-refractivity contribution is 6.18. The summed E-state index contributed by atoms with van der Waals surface area (Å²) in [7, 11) is 0. The first-order valence-corrected chi connectivity index (χ1v) is 7.36. The molecule has 0 saturated carbocycles. The normalized spacial score (nSPS) is 13.1. The summed E-state index contributed by atoms with van der Waals surface area (Å²) in [5.41, 5.74) is 2.33. The molecule has 1 N–H and O–H groups in total. The molecule has 0 aliphatic heterocycles. The number of alkyl halides is 1. The van der Waals surface area contributed by atoms with Crippen LogP contribution in [0.4, 0.5) is 0 Å². The Labute approximate surface area is 120 Å². The summed E-state index contributed by atoms with van der Waals surface area (Å²) in [5.74, 6) is 1.31. The smallest absolute Gasteiger partial charge is 0.0705 e. The fraction of sp³-hybridized carbons (Fsp3) is 0.438. The van der Waals surface area contributed by atoms with Crippen LogP contribution in [0, 0.1) is 5.92 Å². The SMILES string of the molecule is CC(C)CC(CCl)NCc1ccnc2ccccc12. The Bertz CT molecular complexity index is 520. The van der Waals surface area contributed by atoms with Crippen LogP contribution in [0.5, 0.6) is 0 Å². The van der Waals surface area contributed by atoms with Crippen LogP contribution in [-0.2, 0) is 6.54 Å². The summed E-state index contributed by atoms with van der Waals surface area (Å²) in [5, 5.41) is 4.77. The third-order valence-corrected chi connectivity index (χ3v) is 3.64. The second-order valence-corrected chi connectivity index (χ2v) is 5.66. The van der Waals surface area contributed by atoms with Gasteiger partial charge in [0.2, 0.25) is 0 Å². The van der Waals surface area contributed by atoms with E-state index < -0.39 is 0 Å². The standard InChI is InChI=1S/C16H21ClN2/c1-12(2)9-14(10-17)19-11-13-7-8-18-16-6-4-3-5-15(13)16/h3-8,12,14,19H,9-11H2,1-2H3. The van der Waals surface area contributed by atoms with Gasteiger partial charge in [-0.05, 0) is 30.0 Å². The van der Waals surface area contributed by atoms with Crippen LogP contribution in [-0.4, -0.2) is 16.9 Å². The molecule has 1 atom stereocenters. The first-order valence-electron chi connectivity index (χ1n) is 6.82. The summed E-state index contributed by atoms with van der Waals surface area (Å²) in [4.78, 5) is 4.38. The summed E-state index contributed by atoms with van der Waals surface area (Å²) >= 11 is 6.02. The fourth-order valence-corrected chi connectivity index (χ4v) is 2.57. The molecule has 1 unspecified atom stereocenters. The fourth-order valence-electron chi connectivity index (χ4n) is 2.33. The number of pyridine rings is 1. The zero-order chi connectivity index (χ0) is 13.7. The lowest BCUT2D eigenvalue weighted by molar-refractivity contribution is 0.445. The maximum atomic E-state index is 6.02. The summed E-state index contributed by atoms with van der Waals surface area (Å²) in [6.45, 7) is 5.29. The largest absolute Gasteiger partial charge is 0.309 e. The molecular weight excluding hydrogens is 256 g/mol. The van der Waals surface area contributed by atoms with Gasteiger partial charge in [0.15, 0.2) is 0 Å². The van der Waals surface area contributed by atoms with Crippen molar-refractivity contribution in [2.45, 2.75) is 32.9 Å². The van der Waals surface area contributed by atoms with Crippen molar-refractivity contribution in [2.75, 3.05) is 5.88 Å². The summed E-state index contributed by atoms with van der Waals surface area (Å²) < 4.78 is 0. The Morgan fingerprint density at radius 2 is 2.00 bits per heavy atom. The van der Waals surface area contributed by atoms with E-state index in [1.807, 2.05) is 18.3 Å². The predicted molar refractivity (Wildman–Crippen MR) is 82.5 cm³/mol. The van der Waals surface area contributed by atoms with Gasteiger partial charge in [-0.25, -0.2) is 0 Å². The third kappa shape index (κ3) is 3.92. The molecule has 19 heavy (non-hydrogen) atoms. The number of benzene rings is 1. The Morgan fingerprint density at radius 3 is 2.74 bits per heavy atom. The van der Waals surface area contributed by atoms with Crippen molar-refractivity contribution in [1.82, 2.24) is 10.3 Å². The monoisotopic (exact) mass is 276 g/mol. The average molecular weight is 277 g/mol. The lowest BCUT2D eigenvalue weighted by Crippen LogP contribution is -2.31. The molecule has 1 aromatic heterocycles. The lowest BCUT2D eigenvalue weighted by Gasteiger charge is -2.18. The highest BCUT2D eigenvalue weighted by Gasteiger charge is 2.10. The molecule has 0 aliphatic carbocycles. The van der Waals surface area contributed by atoms with E-state index in [2.05, 4.69) is 42.3 Å². The molecule has 0 aliphatic rings. The van der Waals surface area contributed by atoms with Gasteiger partial charge in [-0.15, -0.1) is 11.6 Å². The molecule has 1 aromatic carbocycles. The van der Waals surface area contributed by atoms with E-state index in [4.69, 9.17) is 11.6 Å². The Hall–Kier alpha value is -1.12. The minimum absolute atomic E-state index is 0.369. The third-order valence-electron chi connectivity index (χ3n) is 3.26. The Morgan fingerprint density at radius 1 is 1.21 bits per heavy atom. The highest BCUT2D eigenvalue weighted by Crippen LogP contribution is 2.16. The highest BCUT2D eigenvalue weighted by atomic mass is 35.5. The van der Waals surface area contributed by atoms with Crippen LogP contribution in [0.15, 0.2) is 36.5 Å². The molecule has 2 aromatic rings. The predicted octanol–water partition coefficient (Wildman–Crippen LogP) is 3.98. The van der Waals surface area contributed by atoms with Gasteiger partial charge in [0, 0.05) is 30.0 Å². The molecule has 3 heteroatoms. The maximum Gasteiger partial charge on any atom is 0.0705 e.